The number of carbonyl (C=O) groups excluding carboxylic acids is 2. The van der Waals surface area contributed by atoms with Crippen molar-refractivity contribution in [2.75, 3.05) is 7.11 Å². The summed E-state index contributed by atoms with van der Waals surface area (Å²) >= 11 is 0. The normalized spacial score (nSPS) is 11.3. The van der Waals surface area contributed by atoms with Gasteiger partial charge in [-0.15, -0.1) is 0 Å². The first-order valence-corrected chi connectivity index (χ1v) is 6.90. The summed E-state index contributed by atoms with van der Waals surface area (Å²) in [6, 6.07) is 14.2. The lowest BCUT2D eigenvalue weighted by Gasteiger charge is -2.10. The van der Waals surface area contributed by atoms with Crippen LogP contribution in [0.2, 0.25) is 0 Å². The van der Waals surface area contributed by atoms with Gasteiger partial charge in [-0.1, -0.05) is 30.3 Å². The minimum absolute atomic E-state index is 0.0322. The number of ketones is 1. The van der Waals surface area contributed by atoms with Crippen LogP contribution in [0, 0.1) is 17.1 Å². The fourth-order valence-electron chi connectivity index (χ4n) is 2.25. The predicted octanol–water partition coefficient (Wildman–Crippen LogP) is 3.03. The lowest BCUT2D eigenvalue weighted by Crippen LogP contribution is -2.15. The summed E-state index contributed by atoms with van der Waals surface area (Å²) in [5.41, 5.74) is 0.881. The van der Waals surface area contributed by atoms with Crippen LogP contribution in [0.5, 0.6) is 0 Å². The minimum atomic E-state index is -1.14. The maximum absolute atomic E-state index is 13.7. The molecule has 2 aromatic rings. The summed E-state index contributed by atoms with van der Waals surface area (Å²) in [4.78, 5) is 23.9. The first-order valence-electron chi connectivity index (χ1n) is 6.90. The summed E-state index contributed by atoms with van der Waals surface area (Å²) in [5, 5.41) is 9.30. The van der Waals surface area contributed by atoms with Crippen molar-refractivity contribution in [3.63, 3.8) is 0 Å². The number of nitrogens with zero attached hydrogens (tertiary/aromatic N) is 1. The molecule has 0 saturated carbocycles. The van der Waals surface area contributed by atoms with Gasteiger partial charge in [-0.3, -0.25) is 4.79 Å². The SMILES string of the molecule is COC(=O)c1cc(F)cc(C(C#N)C(=O)Cc2ccccc2)c1. The molecule has 0 saturated heterocycles. The van der Waals surface area contributed by atoms with E-state index in [2.05, 4.69) is 4.74 Å². The third kappa shape index (κ3) is 4.01. The topological polar surface area (TPSA) is 67.2 Å². The second-order valence-corrected chi connectivity index (χ2v) is 4.96. The molecule has 0 heterocycles. The smallest absolute Gasteiger partial charge is 0.337 e. The first-order chi connectivity index (χ1) is 11.0. The van der Waals surface area contributed by atoms with E-state index in [1.54, 1.807) is 24.3 Å². The molecule has 0 amide bonds. The van der Waals surface area contributed by atoms with Crippen LogP contribution in [0.3, 0.4) is 0 Å². The fraction of sp³-hybridized carbons (Fsp3) is 0.167. The van der Waals surface area contributed by atoms with Crippen LogP contribution < -0.4 is 0 Å². The number of halogens is 1. The Kier molecular flexibility index (Phi) is 5.21. The minimum Gasteiger partial charge on any atom is -0.465 e. The molecule has 0 N–H and O–H groups in total. The molecule has 1 atom stereocenters. The van der Waals surface area contributed by atoms with Gasteiger partial charge in [0.05, 0.1) is 18.7 Å². The van der Waals surface area contributed by atoms with E-state index in [1.807, 2.05) is 12.1 Å². The monoisotopic (exact) mass is 311 g/mol. The molecule has 4 nitrogen and oxygen atoms in total. The molecule has 23 heavy (non-hydrogen) atoms. The van der Waals surface area contributed by atoms with Gasteiger partial charge in [0.1, 0.15) is 11.7 Å². The van der Waals surface area contributed by atoms with E-state index in [0.29, 0.717) is 0 Å². The van der Waals surface area contributed by atoms with E-state index in [1.165, 1.54) is 13.2 Å². The molecule has 2 aromatic carbocycles. The van der Waals surface area contributed by atoms with Gasteiger partial charge in [0, 0.05) is 6.42 Å². The molecule has 116 valence electrons. The molecule has 0 aliphatic rings. The zero-order valence-corrected chi connectivity index (χ0v) is 12.5. The summed E-state index contributed by atoms with van der Waals surface area (Å²) in [6.45, 7) is 0. The molecule has 0 radical (unpaired) electrons. The van der Waals surface area contributed by atoms with Crippen molar-refractivity contribution < 1.29 is 18.7 Å². The average molecular weight is 311 g/mol. The zero-order valence-electron chi connectivity index (χ0n) is 12.5. The van der Waals surface area contributed by atoms with Crippen molar-refractivity contribution in [3.05, 3.63) is 71.0 Å². The standard InChI is InChI=1S/C18H14FNO3/c1-23-18(22)14-8-13(9-15(19)10-14)16(11-20)17(21)7-12-5-3-2-4-6-12/h2-6,8-10,16H,7H2,1H3. The second-order valence-electron chi connectivity index (χ2n) is 4.96. The number of hydrogen-bond acceptors (Lipinski definition) is 4. The Morgan fingerprint density at radius 2 is 1.91 bits per heavy atom. The molecule has 5 heteroatoms. The van der Waals surface area contributed by atoms with E-state index < -0.39 is 17.7 Å². The van der Waals surface area contributed by atoms with E-state index in [4.69, 9.17) is 0 Å². The quantitative estimate of drug-likeness (QED) is 0.796. The van der Waals surface area contributed by atoms with Crippen LogP contribution in [0.4, 0.5) is 4.39 Å². The second kappa shape index (κ2) is 7.32. The third-order valence-corrected chi connectivity index (χ3v) is 3.35. The Morgan fingerprint density at radius 3 is 2.52 bits per heavy atom. The Hall–Kier alpha value is -3.00. The van der Waals surface area contributed by atoms with Gasteiger partial charge in [0.25, 0.3) is 0 Å². The van der Waals surface area contributed by atoms with Gasteiger partial charge < -0.3 is 4.74 Å². The van der Waals surface area contributed by atoms with Crippen molar-refractivity contribution in [3.8, 4) is 6.07 Å². The van der Waals surface area contributed by atoms with E-state index in [0.717, 1.165) is 17.7 Å². The number of esters is 1. The number of hydrogen-bond donors (Lipinski definition) is 0. The van der Waals surface area contributed by atoms with Crippen LogP contribution in [0.15, 0.2) is 48.5 Å². The number of ether oxygens (including phenoxy) is 1. The Balaban J connectivity index is 2.30. The van der Waals surface area contributed by atoms with Crippen LogP contribution >= 0.6 is 0 Å². The van der Waals surface area contributed by atoms with Crippen molar-refractivity contribution in [2.45, 2.75) is 12.3 Å². The molecule has 0 aliphatic carbocycles. The van der Waals surface area contributed by atoms with Gasteiger partial charge >= 0.3 is 5.97 Å². The average Bonchev–Trinajstić information content (AvgIpc) is 2.55. The molecule has 0 spiro atoms. The zero-order chi connectivity index (χ0) is 16.8. The maximum atomic E-state index is 13.7. The highest BCUT2D eigenvalue weighted by Gasteiger charge is 2.22. The van der Waals surface area contributed by atoms with Crippen molar-refractivity contribution in [1.82, 2.24) is 0 Å². The highest BCUT2D eigenvalue weighted by Crippen LogP contribution is 2.21. The van der Waals surface area contributed by atoms with E-state index in [9.17, 15) is 19.2 Å². The van der Waals surface area contributed by atoms with E-state index >= 15 is 0 Å². The summed E-state index contributed by atoms with van der Waals surface area (Å²) in [6.07, 6.45) is 0.0587. The van der Waals surface area contributed by atoms with Crippen LogP contribution in [-0.2, 0) is 16.0 Å². The summed E-state index contributed by atoms with van der Waals surface area (Å²) < 4.78 is 18.2. The number of benzene rings is 2. The van der Waals surface area contributed by atoms with Crippen LogP contribution in [0.25, 0.3) is 0 Å². The number of rotatable bonds is 5. The summed E-state index contributed by atoms with van der Waals surface area (Å²) in [7, 11) is 1.18. The van der Waals surface area contributed by atoms with Crippen molar-refractivity contribution in [2.24, 2.45) is 0 Å². The Morgan fingerprint density at radius 1 is 1.22 bits per heavy atom. The van der Waals surface area contributed by atoms with Crippen molar-refractivity contribution in [1.29, 1.82) is 5.26 Å². The van der Waals surface area contributed by atoms with Crippen LogP contribution in [-0.4, -0.2) is 18.9 Å². The fourth-order valence-corrected chi connectivity index (χ4v) is 2.25. The lowest BCUT2D eigenvalue weighted by molar-refractivity contribution is -0.118. The highest BCUT2D eigenvalue weighted by molar-refractivity contribution is 5.92. The van der Waals surface area contributed by atoms with Crippen LogP contribution in [0.1, 0.15) is 27.4 Å². The highest BCUT2D eigenvalue weighted by atomic mass is 19.1. The lowest BCUT2D eigenvalue weighted by atomic mass is 9.91. The number of carbonyl (C=O) groups is 2. The third-order valence-electron chi connectivity index (χ3n) is 3.35. The molecule has 0 aliphatic heterocycles. The van der Waals surface area contributed by atoms with Gasteiger partial charge in [0.2, 0.25) is 0 Å². The largest absolute Gasteiger partial charge is 0.465 e. The Bertz CT molecular complexity index is 766. The van der Waals surface area contributed by atoms with Gasteiger partial charge in [-0.25, -0.2) is 9.18 Å². The molecular formula is C18H14FNO3. The van der Waals surface area contributed by atoms with Gasteiger partial charge in [0.15, 0.2) is 5.78 Å². The number of Topliss-reactive ketones (excluding diaryl/α,β-unsaturated/α-hetero) is 1. The molecule has 2 rings (SSSR count). The van der Waals surface area contributed by atoms with Gasteiger partial charge in [-0.05, 0) is 29.3 Å². The molecule has 0 bridgehead atoms. The van der Waals surface area contributed by atoms with Crippen molar-refractivity contribution >= 4 is 11.8 Å². The van der Waals surface area contributed by atoms with E-state index in [-0.39, 0.29) is 23.3 Å². The Labute approximate surface area is 133 Å². The first kappa shape index (κ1) is 16.4. The van der Waals surface area contributed by atoms with Gasteiger partial charge in [-0.2, -0.15) is 5.26 Å². The summed E-state index contributed by atoms with van der Waals surface area (Å²) in [5.74, 6) is -2.93. The number of methoxy groups -OCH3 is 1. The maximum Gasteiger partial charge on any atom is 0.337 e. The predicted molar refractivity (Wildman–Crippen MR) is 81.2 cm³/mol. The molecule has 0 aromatic heterocycles. The molecular weight excluding hydrogens is 297 g/mol. The number of nitriles is 1. The molecule has 0 fully saturated rings. The molecule has 1 unspecified atom stereocenters.